The first kappa shape index (κ1) is 35.8. The molecule has 5 amide bonds. The molecule has 15 heteroatoms. The number of imide groups is 1. The number of pyridine rings is 1. The van der Waals surface area contributed by atoms with Gasteiger partial charge in [-0.3, -0.25) is 29.3 Å². The lowest BCUT2D eigenvalue weighted by molar-refractivity contribution is -0.136. The number of benzene rings is 1. The summed E-state index contributed by atoms with van der Waals surface area (Å²) in [6.45, 7) is 2.54. The topological polar surface area (TPSA) is 166 Å². The second kappa shape index (κ2) is 14.3. The van der Waals surface area contributed by atoms with Crippen LogP contribution in [0.15, 0.2) is 48.8 Å². The van der Waals surface area contributed by atoms with E-state index in [1.165, 1.54) is 0 Å². The second-order valence-corrected chi connectivity index (χ2v) is 15.9. The van der Waals surface area contributed by atoms with Crippen molar-refractivity contribution in [3.05, 3.63) is 71.2 Å². The van der Waals surface area contributed by atoms with Crippen LogP contribution in [0.4, 0.5) is 17.5 Å². The minimum absolute atomic E-state index is 0.0500. The van der Waals surface area contributed by atoms with Crippen LogP contribution in [0.1, 0.15) is 101 Å². The smallest absolute Gasteiger partial charge is 0.270 e. The van der Waals surface area contributed by atoms with Crippen molar-refractivity contribution in [3.63, 3.8) is 0 Å². The van der Waals surface area contributed by atoms with Crippen molar-refractivity contribution in [2.24, 2.45) is 5.92 Å². The van der Waals surface area contributed by atoms with Gasteiger partial charge in [0.25, 0.3) is 17.7 Å². The summed E-state index contributed by atoms with van der Waals surface area (Å²) >= 11 is 0. The van der Waals surface area contributed by atoms with Gasteiger partial charge in [0.05, 0.1) is 5.56 Å². The molecule has 9 rings (SSSR count). The molecular weight excluding hydrogens is 713 g/mol. The molecule has 290 valence electrons. The molecular formula is C41H46N10O5. The van der Waals surface area contributed by atoms with Gasteiger partial charge >= 0.3 is 0 Å². The normalized spacial score (nSPS) is 21.7. The molecule has 1 saturated carbocycles. The summed E-state index contributed by atoms with van der Waals surface area (Å²) in [6, 6.07) is 11.1. The van der Waals surface area contributed by atoms with E-state index >= 15 is 0 Å². The number of nitrogens with one attached hydrogen (secondary N) is 2. The highest BCUT2D eigenvalue weighted by Crippen LogP contribution is 2.41. The zero-order chi connectivity index (χ0) is 38.7. The Hall–Kier alpha value is -5.86. The number of hydrogen-bond donors (Lipinski definition) is 2. The predicted molar refractivity (Wildman–Crippen MR) is 207 cm³/mol. The number of anilines is 3. The molecule has 0 radical (unpaired) electrons. The van der Waals surface area contributed by atoms with Crippen LogP contribution in [0.5, 0.6) is 0 Å². The molecule has 4 fully saturated rings. The Morgan fingerprint density at radius 2 is 1.70 bits per heavy atom. The van der Waals surface area contributed by atoms with Crippen molar-refractivity contribution in [1.82, 2.24) is 39.5 Å². The van der Waals surface area contributed by atoms with Gasteiger partial charge in [0, 0.05) is 93.4 Å². The number of piperidine rings is 2. The van der Waals surface area contributed by atoms with Crippen LogP contribution in [0.25, 0.3) is 11.0 Å². The molecule has 0 bridgehead atoms. The first-order valence-corrected chi connectivity index (χ1v) is 19.8. The summed E-state index contributed by atoms with van der Waals surface area (Å²) in [6.07, 6.45) is 10.9. The molecule has 4 aliphatic heterocycles. The van der Waals surface area contributed by atoms with Gasteiger partial charge in [-0.2, -0.15) is 4.98 Å². The lowest BCUT2D eigenvalue weighted by Crippen LogP contribution is -2.55. The molecule has 1 aliphatic carbocycles. The molecule has 5 aliphatic rings. The maximum absolute atomic E-state index is 13.6. The van der Waals surface area contributed by atoms with Gasteiger partial charge < -0.3 is 29.5 Å². The minimum atomic E-state index is -0.642. The van der Waals surface area contributed by atoms with Crippen LogP contribution in [0, 0.1) is 5.92 Å². The lowest BCUT2D eigenvalue weighted by Gasteiger charge is -2.49. The molecule has 4 aromatic rings. The van der Waals surface area contributed by atoms with Gasteiger partial charge in [0.15, 0.2) is 0 Å². The van der Waals surface area contributed by atoms with Crippen molar-refractivity contribution in [3.8, 4) is 0 Å². The lowest BCUT2D eigenvalue weighted by atomic mass is 9.81. The zero-order valence-electron chi connectivity index (χ0n) is 31.7. The Morgan fingerprint density at radius 3 is 2.39 bits per heavy atom. The molecule has 56 heavy (non-hydrogen) atoms. The SMILES string of the molecule is CN(C)C(=O)c1cc2cnc(Nc3ccc(C(=O)N4CCC([C@H]5CCN5c5cccc6c5CN([C@H]5CCC(=O)NC5=O)C6=O)CC4)cn3)nc2n1C1CCCC1. The minimum Gasteiger partial charge on any atom is -0.368 e. The van der Waals surface area contributed by atoms with E-state index in [-0.39, 0.29) is 36.1 Å². The van der Waals surface area contributed by atoms with E-state index < -0.39 is 11.9 Å². The third-order valence-electron chi connectivity index (χ3n) is 12.4. The van der Waals surface area contributed by atoms with Gasteiger partial charge in [-0.1, -0.05) is 18.9 Å². The Kier molecular flexibility index (Phi) is 9.17. The van der Waals surface area contributed by atoms with E-state index in [9.17, 15) is 24.0 Å². The van der Waals surface area contributed by atoms with Gasteiger partial charge in [-0.25, -0.2) is 9.97 Å². The number of likely N-dealkylation sites (tertiary alicyclic amines) is 1. The third kappa shape index (κ3) is 6.32. The van der Waals surface area contributed by atoms with Gasteiger partial charge in [-0.05, 0) is 74.8 Å². The van der Waals surface area contributed by atoms with Gasteiger partial charge in [-0.15, -0.1) is 0 Å². The van der Waals surface area contributed by atoms with Crippen molar-refractivity contribution in [1.29, 1.82) is 0 Å². The predicted octanol–water partition coefficient (Wildman–Crippen LogP) is 4.28. The average Bonchev–Trinajstić information content (AvgIpc) is 3.93. The van der Waals surface area contributed by atoms with Crippen LogP contribution < -0.4 is 15.5 Å². The van der Waals surface area contributed by atoms with E-state index in [1.807, 2.05) is 23.1 Å². The van der Waals surface area contributed by atoms with E-state index in [0.717, 1.165) is 73.8 Å². The molecule has 2 atom stereocenters. The van der Waals surface area contributed by atoms with Gasteiger partial charge in [0.1, 0.15) is 23.2 Å². The Labute approximate surface area is 324 Å². The second-order valence-electron chi connectivity index (χ2n) is 15.9. The average molecular weight is 759 g/mol. The molecule has 7 heterocycles. The largest absolute Gasteiger partial charge is 0.368 e. The molecule has 0 unspecified atom stereocenters. The van der Waals surface area contributed by atoms with Crippen LogP contribution >= 0.6 is 0 Å². The first-order valence-electron chi connectivity index (χ1n) is 19.8. The van der Waals surface area contributed by atoms with Crippen molar-refractivity contribution in [2.75, 3.05) is 43.9 Å². The van der Waals surface area contributed by atoms with E-state index in [2.05, 4.69) is 36.1 Å². The van der Waals surface area contributed by atoms with Crippen molar-refractivity contribution < 1.29 is 24.0 Å². The molecule has 3 saturated heterocycles. The van der Waals surface area contributed by atoms with Crippen LogP contribution in [-0.2, 0) is 16.1 Å². The fourth-order valence-corrected chi connectivity index (χ4v) is 9.41. The summed E-state index contributed by atoms with van der Waals surface area (Å²) in [5.41, 5.74) is 4.47. The summed E-state index contributed by atoms with van der Waals surface area (Å²) < 4.78 is 2.08. The summed E-state index contributed by atoms with van der Waals surface area (Å²) in [7, 11) is 3.51. The van der Waals surface area contributed by atoms with E-state index in [1.54, 1.807) is 48.4 Å². The number of fused-ring (bicyclic) bond motifs is 2. The summed E-state index contributed by atoms with van der Waals surface area (Å²) in [5.74, 6) is 0.322. The van der Waals surface area contributed by atoms with Crippen LogP contribution in [0.2, 0.25) is 0 Å². The number of carbonyl (C=O) groups excluding carboxylic acids is 5. The zero-order valence-corrected chi connectivity index (χ0v) is 31.7. The fourth-order valence-electron chi connectivity index (χ4n) is 9.41. The highest BCUT2D eigenvalue weighted by molar-refractivity contribution is 6.06. The maximum Gasteiger partial charge on any atom is 0.270 e. The van der Waals surface area contributed by atoms with Crippen LogP contribution in [0.3, 0.4) is 0 Å². The molecule has 0 spiro atoms. The molecule has 2 N–H and O–H groups in total. The van der Waals surface area contributed by atoms with Crippen molar-refractivity contribution in [2.45, 2.75) is 82.5 Å². The third-order valence-corrected chi connectivity index (χ3v) is 12.4. The van der Waals surface area contributed by atoms with Crippen LogP contribution in [-0.4, -0.2) is 110 Å². The molecule has 15 nitrogen and oxygen atoms in total. The summed E-state index contributed by atoms with van der Waals surface area (Å²) in [4.78, 5) is 85.8. The maximum atomic E-state index is 13.6. The van der Waals surface area contributed by atoms with E-state index in [4.69, 9.17) is 4.98 Å². The number of carbonyl (C=O) groups is 5. The number of hydrogen-bond acceptors (Lipinski definition) is 10. The standard InChI is InChI=1S/C41H46N10O5/c1-47(2)40(56)33-20-26-22-43-41(46-36(26)51(33)27-6-3-4-7-27)44-34-12-10-25(21-42-34)38(54)48-17-14-24(15-18-48)30-16-19-49(30)31-9-5-8-28-29(31)23-50(39(28)55)32-11-13-35(52)45-37(32)53/h5,8-10,12,20-22,24,27,30,32H,3-4,6-7,11,13-19,23H2,1-2H3,(H,45,52,53)(H,42,43,44,46)/t30-,32+/m1/s1. The number of aromatic nitrogens is 4. The summed E-state index contributed by atoms with van der Waals surface area (Å²) in [5, 5.41) is 6.39. The number of amides is 5. The first-order chi connectivity index (χ1) is 27.1. The number of nitrogens with zero attached hydrogens (tertiary/aromatic N) is 8. The van der Waals surface area contributed by atoms with Gasteiger partial charge in [0.2, 0.25) is 17.8 Å². The highest BCUT2D eigenvalue weighted by Gasteiger charge is 2.43. The monoisotopic (exact) mass is 758 g/mol. The van der Waals surface area contributed by atoms with E-state index in [0.29, 0.717) is 66.6 Å². The number of rotatable bonds is 8. The highest BCUT2D eigenvalue weighted by atomic mass is 16.2. The quantitative estimate of drug-likeness (QED) is 0.248. The molecule has 1 aromatic carbocycles. The fraction of sp³-hybridized carbons (Fsp3) is 0.463. The Bertz CT molecular complexity index is 2240. The van der Waals surface area contributed by atoms with Crippen molar-refractivity contribution >= 4 is 58.0 Å². The molecule has 3 aromatic heterocycles. The Balaban J connectivity index is 0.827. The Morgan fingerprint density at radius 1 is 0.893 bits per heavy atom.